The molecule has 1 saturated carbocycles. The van der Waals surface area contributed by atoms with Crippen LogP contribution < -0.4 is 21.1 Å². The zero-order chi connectivity index (χ0) is 30.1. The molecule has 3 N–H and O–H groups in total. The van der Waals surface area contributed by atoms with E-state index in [1.165, 1.54) is 45.3 Å². The van der Waals surface area contributed by atoms with Crippen molar-refractivity contribution in [1.29, 1.82) is 0 Å². The summed E-state index contributed by atoms with van der Waals surface area (Å²) < 4.78 is 8.76. The average molecular weight is 578 g/mol. The molecule has 6 rings (SSSR count). The van der Waals surface area contributed by atoms with Crippen molar-refractivity contribution in [2.45, 2.75) is 18.9 Å². The summed E-state index contributed by atoms with van der Waals surface area (Å²) in [6, 6.07) is 21.1. The molecular weight excluding hydrogens is 546 g/mol. The van der Waals surface area contributed by atoms with E-state index >= 15 is 0 Å². The predicted molar refractivity (Wildman–Crippen MR) is 165 cm³/mol. The van der Waals surface area contributed by atoms with E-state index in [4.69, 9.17) is 10.5 Å². The Balaban J connectivity index is 1.32. The van der Waals surface area contributed by atoms with Gasteiger partial charge in [0.05, 0.1) is 11.4 Å². The Bertz CT molecular complexity index is 1870. The monoisotopic (exact) mass is 577 g/mol. The fraction of sp³-hybridized carbons (Fsp3) is 0.188. The first-order valence-corrected chi connectivity index (χ1v) is 13.9. The lowest BCUT2D eigenvalue weighted by molar-refractivity contribution is -0.113. The number of phenolic OH excluding ortho intramolecular Hbond substituents is 1. The third-order valence-corrected chi connectivity index (χ3v) is 7.45. The van der Waals surface area contributed by atoms with Gasteiger partial charge in [-0.15, -0.1) is 0 Å². The highest BCUT2D eigenvalue weighted by Crippen LogP contribution is 2.28. The van der Waals surface area contributed by atoms with Gasteiger partial charge in [-0.3, -0.25) is 14.3 Å². The Hall–Kier alpha value is -5.42. The van der Waals surface area contributed by atoms with Gasteiger partial charge in [-0.2, -0.15) is 0 Å². The number of amides is 1. The summed E-state index contributed by atoms with van der Waals surface area (Å²) in [6.45, 7) is 0.713. The smallest absolute Gasteiger partial charge is 0.339 e. The van der Waals surface area contributed by atoms with E-state index < -0.39 is 5.69 Å². The van der Waals surface area contributed by atoms with E-state index in [0.717, 1.165) is 0 Å². The number of carbonyl (C=O) groups excluding carboxylic acids is 1. The van der Waals surface area contributed by atoms with Gasteiger partial charge in [0.1, 0.15) is 29.1 Å². The second-order valence-corrected chi connectivity index (χ2v) is 10.5. The van der Waals surface area contributed by atoms with Gasteiger partial charge in [0.15, 0.2) is 11.5 Å². The van der Waals surface area contributed by atoms with Crippen molar-refractivity contribution in [3.8, 4) is 28.6 Å². The molecule has 43 heavy (non-hydrogen) atoms. The van der Waals surface area contributed by atoms with Crippen LogP contribution in [0.1, 0.15) is 12.8 Å². The molecule has 0 spiro atoms. The highest BCUT2D eigenvalue weighted by Gasteiger charge is 2.25. The van der Waals surface area contributed by atoms with Gasteiger partial charge in [-0.1, -0.05) is 12.1 Å². The molecule has 0 radical (unpaired) electrons. The Kier molecular flexibility index (Phi) is 7.39. The van der Waals surface area contributed by atoms with Gasteiger partial charge < -0.3 is 20.5 Å². The second kappa shape index (κ2) is 11.5. The van der Waals surface area contributed by atoms with Crippen molar-refractivity contribution in [3.05, 3.63) is 102 Å². The number of nitrogen functional groups attached to an aromatic ring is 1. The first-order valence-electron chi connectivity index (χ1n) is 13.9. The topological polar surface area (TPSA) is 132 Å². The van der Waals surface area contributed by atoms with E-state index in [1.54, 1.807) is 67.7 Å². The molecule has 0 saturated heterocycles. The minimum Gasteiger partial charge on any atom is -0.508 e. The number of phenols is 1. The normalized spacial score (nSPS) is 13.2. The maximum absolute atomic E-state index is 14.0. The number of anilines is 2. The van der Waals surface area contributed by atoms with Crippen molar-refractivity contribution >= 4 is 28.6 Å². The molecule has 5 aromatic rings. The summed E-state index contributed by atoms with van der Waals surface area (Å²) >= 11 is 0. The van der Waals surface area contributed by atoms with Crippen LogP contribution in [0.25, 0.3) is 22.5 Å². The summed E-state index contributed by atoms with van der Waals surface area (Å²) in [5.41, 5.74) is 8.24. The fourth-order valence-electron chi connectivity index (χ4n) is 4.90. The van der Waals surface area contributed by atoms with Crippen LogP contribution in [-0.2, 0) is 4.79 Å². The first-order chi connectivity index (χ1) is 20.8. The molecular formula is C32H31N7O4. The second-order valence-electron chi connectivity index (χ2n) is 10.5. The molecule has 0 atom stereocenters. The van der Waals surface area contributed by atoms with Crippen LogP contribution >= 0.6 is 0 Å². The highest BCUT2D eigenvalue weighted by molar-refractivity contribution is 6.01. The SMILES string of the molecule is CN(C(=O)/C=C/CN(C)C1CC1)c1cccc(-n2c(=O)n(-c3ccc(Oc4ccc(O)cc4)cc3)c3c(N)ncnc32)c1. The Morgan fingerprint density at radius 3 is 2.40 bits per heavy atom. The van der Waals surface area contributed by atoms with E-state index in [9.17, 15) is 14.7 Å². The van der Waals surface area contributed by atoms with Crippen LogP contribution in [0.5, 0.6) is 17.2 Å². The summed E-state index contributed by atoms with van der Waals surface area (Å²) in [7, 11) is 3.76. The molecule has 11 nitrogen and oxygen atoms in total. The maximum Gasteiger partial charge on any atom is 0.339 e. The van der Waals surface area contributed by atoms with E-state index in [-0.39, 0.29) is 17.5 Å². The number of rotatable bonds is 9. The molecule has 1 fully saturated rings. The molecule has 11 heteroatoms. The largest absolute Gasteiger partial charge is 0.508 e. The highest BCUT2D eigenvalue weighted by atomic mass is 16.5. The molecule has 1 aliphatic carbocycles. The zero-order valence-corrected chi connectivity index (χ0v) is 23.8. The number of benzene rings is 3. The number of carbonyl (C=O) groups is 1. The Morgan fingerprint density at radius 2 is 1.70 bits per heavy atom. The third-order valence-electron chi connectivity index (χ3n) is 7.45. The van der Waals surface area contributed by atoms with Crippen molar-refractivity contribution in [2.24, 2.45) is 0 Å². The van der Waals surface area contributed by atoms with E-state index in [2.05, 4.69) is 21.9 Å². The van der Waals surface area contributed by atoms with Crippen molar-refractivity contribution in [1.82, 2.24) is 24.0 Å². The molecule has 1 amide bonds. The number of fused-ring (bicyclic) bond motifs is 1. The predicted octanol–water partition coefficient (Wildman–Crippen LogP) is 4.26. The molecule has 2 aromatic heterocycles. The number of likely N-dealkylation sites (N-methyl/N-ethyl adjacent to an activating group) is 2. The van der Waals surface area contributed by atoms with Crippen molar-refractivity contribution < 1.29 is 14.6 Å². The van der Waals surface area contributed by atoms with Crippen LogP contribution in [-0.4, -0.2) is 61.7 Å². The fourth-order valence-corrected chi connectivity index (χ4v) is 4.90. The molecule has 0 unspecified atom stereocenters. The third kappa shape index (κ3) is 5.70. The van der Waals surface area contributed by atoms with Crippen LogP contribution in [0, 0.1) is 0 Å². The van der Waals surface area contributed by atoms with Gasteiger partial charge in [-0.25, -0.2) is 19.3 Å². The van der Waals surface area contributed by atoms with Gasteiger partial charge in [0.2, 0.25) is 5.91 Å². The first kappa shape index (κ1) is 27.7. The lowest BCUT2D eigenvalue weighted by Gasteiger charge is -2.17. The molecule has 3 aromatic carbocycles. The molecule has 218 valence electrons. The number of nitrogens with zero attached hydrogens (tertiary/aromatic N) is 6. The van der Waals surface area contributed by atoms with Gasteiger partial charge in [-0.05, 0) is 86.6 Å². The number of aromatic hydroxyl groups is 1. The molecule has 1 aliphatic rings. The minimum absolute atomic E-state index is 0.145. The quantitative estimate of drug-likeness (QED) is 0.249. The lowest BCUT2D eigenvalue weighted by atomic mass is 10.2. The number of hydrogen-bond acceptors (Lipinski definition) is 8. The van der Waals surface area contributed by atoms with E-state index in [0.29, 0.717) is 52.3 Å². The van der Waals surface area contributed by atoms with Gasteiger partial charge in [0, 0.05) is 31.4 Å². The molecule has 0 aliphatic heterocycles. The summed E-state index contributed by atoms with van der Waals surface area (Å²) in [5, 5.41) is 9.50. The van der Waals surface area contributed by atoms with Crippen LogP contribution in [0.4, 0.5) is 11.5 Å². The average Bonchev–Trinajstić information content (AvgIpc) is 3.82. The number of ether oxygens (including phenoxy) is 1. The van der Waals surface area contributed by atoms with Crippen LogP contribution in [0.3, 0.4) is 0 Å². The maximum atomic E-state index is 14.0. The van der Waals surface area contributed by atoms with Crippen LogP contribution in [0.2, 0.25) is 0 Å². The number of imidazole rings is 1. The number of nitrogens with two attached hydrogens (primary N) is 1. The molecule has 0 bridgehead atoms. The number of hydrogen-bond donors (Lipinski definition) is 2. The summed E-state index contributed by atoms with van der Waals surface area (Å²) in [5.74, 6) is 1.23. The standard InChI is InChI=1S/C32H31N7O4/c1-36(21-8-9-21)18-4-7-28(41)37(2)23-5-3-6-24(19-23)39-31-29(30(33)34-20-35-31)38(32(39)42)22-10-14-26(15-11-22)43-27-16-12-25(40)13-17-27/h3-7,10-17,19-21,40H,8-9,18H2,1-2H3,(H2,33,34,35)/b7-4+. The van der Waals surface area contributed by atoms with Gasteiger partial charge >= 0.3 is 5.69 Å². The van der Waals surface area contributed by atoms with Crippen molar-refractivity contribution in [3.63, 3.8) is 0 Å². The summed E-state index contributed by atoms with van der Waals surface area (Å²) in [4.78, 5) is 39.2. The Morgan fingerprint density at radius 1 is 1.00 bits per heavy atom. The zero-order valence-electron chi connectivity index (χ0n) is 23.8. The molecule has 2 heterocycles. The van der Waals surface area contributed by atoms with Crippen molar-refractivity contribution in [2.75, 3.05) is 31.3 Å². The minimum atomic E-state index is -0.399. The number of aromatic nitrogens is 4. The summed E-state index contributed by atoms with van der Waals surface area (Å²) in [6.07, 6.45) is 7.18. The van der Waals surface area contributed by atoms with E-state index in [1.807, 2.05) is 12.1 Å². The van der Waals surface area contributed by atoms with Gasteiger partial charge in [0.25, 0.3) is 0 Å². The Labute approximate surface area is 247 Å². The lowest BCUT2D eigenvalue weighted by Crippen LogP contribution is -2.26. The van der Waals surface area contributed by atoms with Crippen LogP contribution in [0.15, 0.2) is 96.1 Å².